The number of nitrogens with zero attached hydrogens (tertiary/aromatic N) is 1. The predicted molar refractivity (Wildman–Crippen MR) is 135 cm³/mol. The van der Waals surface area contributed by atoms with Gasteiger partial charge in [-0.25, -0.2) is 4.99 Å². The number of aryl methyl sites for hydroxylation is 2. The van der Waals surface area contributed by atoms with Crippen LogP contribution in [0.25, 0.3) is 0 Å². The van der Waals surface area contributed by atoms with Crippen molar-refractivity contribution in [2.24, 2.45) is 4.99 Å². The second kappa shape index (κ2) is 12.4. The van der Waals surface area contributed by atoms with Crippen LogP contribution >= 0.6 is 35.6 Å². The Kier molecular flexibility index (Phi) is 11.0. The molecule has 0 spiro atoms. The van der Waals surface area contributed by atoms with Crippen LogP contribution < -0.4 is 20.1 Å². The highest BCUT2D eigenvalue weighted by molar-refractivity contribution is 14.0. The number of hydrogen-bond acceptors (Lipinski definition) is 5. The van der Waals surface area contributed by atoms with Crippen molar-refractivity contribution in [3.63, 3.8) is 0 Å². The molecular weight excluding hydrogens is 533 g/mol. The van der Waals surface area contributed by atoms with Gasteiger partial charge in [0.05, 0.1) is 31.8 Å². The number of aliphatic imine (C=N–C) groups is 1. The van der Waals surface area contributed by atoms with Crippen molar-refractivity contribution in [2.45, 2.75) is 46.8 Å². The monoisotopic (exact) mass is 565 g/mol. The van der Waals surface area contributed by atoms with E-state index in [2.05, 4.69) is 15.6 Å². The first kappa shape index (κ1) is 27.4. The van der Waals surface area contributed by atoms with Crippen LogP contribution in [-0.2, 0) is 12.1 Å². The number of ether oxygens (including phenoxy) is 2. The molecular formula is C22H33ClIN3O4. The van der Waals surface area contributed by atoms with Gasteiger partial charge in [0.15, 0.2) is 17.5 Å². The van der Waals surface area contributed by atoms with Gasteiger partial charge >= 0.3 is 0 Å². The average Bonchev–Trinajstić information content (AvgIpc) is 3.04. The zero-order valence-corrected chi connectivity index (χ0v) is 22.1. The van der Waals surface area contributed by atoms with Gasteiger partial charge in [-0.1, -0.05) is 11.6 Å². The Hall–Kier alpha value is -1.65. The number of hydrogen-bond donors (Lipinski definition) is 3. The molecule has 9 heteroatoms. The van der Waals surface area contributed by atoms with Gasteiger partial charge in [-0.2, -0.15) is 0 Å². The Morgan fingerprint density at radius 1 is 1.23 bits per heavy atom. The van der Waals surface area contributed by atoms with E-state index < -0.39 is 5.60 Å². The topological polar surface area (TPSA) is 88.3 Å². The standard InChI is InChI=1S/C22H32ClN3O4.HI/c1-7-24-21(26-13-22(5,27)17-9-14(3)30-15(17)4)25-12-16-10-18(23)20(29-8-2)19(11-16)28-6;/h9-11,27H,7-8,12-13H2,1-6H3,(H2,24,25,26);1H. The van der Waals surface area contributed by atoms with Gasteiger partial charge in [0.1, 0.15) is 17.1 Å². The first-order valence-electron chi connectivity index (χ1n) is 10.0. The number of rotatable bonds is 9. The highest BCUT2D eigenvalue weighted by atomic mass is 127. The second-order valence-corrected chi connectivity index (χ2v) is 7.60. The lowest BCUT2D eigenvalue weighted by Gasteiger charge is -2.24. The normalized spacial score (nSPS) is 13.2. The lowest BCUT2D eigenvalue weighted by molar-refractivity contribution is 0.0601. The van der Waals surface area contributed by atoms with Crippen molar-refractivity contribution in [3.8, 4) is 11.5 Å². The number of benzene rings is 1. The number of guanidine groups is 1. The van der Waals surface area contributed by atoms with E-state index in [9.17, 15) is 5.11 Å². The number of aliphatic hydroxyl groups is 1. The summed E-state index contributed by atoms with van der Waals surface area (Å²) in [7, 11) is 1.58. The van der Waals surface area contributed by atoms with Crippen LogP contribution in [-0.4, -0.2) is 37.9 Å². The summed E-state index contributed by atoms with van der Waals surface area (Å²) in [6, 6.07) is 5.53. The highest BCUT2D eigenvalue weighted by Gasteiger charge is 2.27. The average molecular weight is 566 g/mol. The maximum absolute atomic E-state index is 10.9. The molecule has 0 aliphatic rings. The molecule has 1 heterocycles. The van der Waals surface area contributed by atoms with Crippen molar-refractivity contribution in [1.82, 2.24) is 10.6 Å². The fraction of sp³-hybridized carbons (Fsp3) is 0.500. The van der Waals surface area contributed by atoms with Crippen LogP contribution in [0, 0.1) is 13.8 Å². The molecule has 0 aliphatic heterocycles. The van der Waals surface area contributed by atoms with Crippen molar-refractivity contribution < 1.29 is 19.0 Å². The minimum Gasteiger partial charge on any atom is -0.493 e. The molecule has 1 aromatic carbocycles. The summed E-state index contributed by atoms with van der Waals surface area (Å²) in [4.78, 5) is 4.61. The predicted octanol–water partition coefficient (Wildman–Crippen LogP) is 4.54. The van der Waals surface area contributed by atoms with Crippen molar-refractivity contribution in [3.05, 3.63) is 45.9 Å². The summed E-state index contributed by atoms with van der Waals surface area (Å²) in [5, 5.41) is 17.8. The summed E-state index contributed by atoms with van der Waals surface area (Å²) in [5.74, 6) is 3.16. The molecule has 0 radical (unpaired) electrons. The number of halogens is 2. The summed E-state index contributed by atoms with van der Waals surface area (Å²) >= 11 is 6.35. The first-order valence-corrected chi connectivity index (χ1v) is 10.4. The first-order chi connectivity index (χ1) is 14.2. The van der Waals surface area contributed by atoms with Crippen LogP contribution in [0.1, 0.15) is 43.4 Å². The van der Waals surface area contributed by atoms with E-state index >= 15 is 0 Å². The summed E-state index contributed by atoms with van der Waals surface area (Å²) in [5.41, 5.74) is 0.529. The number of nitrogens with one attached hydrogen (secondary N) is 2. The molecule has 2 aromatic rings. The molecule has 0 saturated carbocycles. The lowest BCUT2D eigenvalue weighted by Crippen LogP contribution is -2.44. The quantitative estimate of drug-likeness (QED) is 0.235. The molecule has 1 atom stereocenters. The van der Waals surface area contributed by atoms with E-state index in [1.165, 1.54) is 0 Å². The van der Waals surface area contributed by atoms with Gasteiger partial charge in [-0.05, 0) is 58.4 Å². The van der Waals surface area contributed by atoms with E-state index in [-0.39, 0.29) is 30.5 Å². The lowest BCUT2D eigenvalue weighted by atomic mass is 9.96. The molecule has 3 N–H and O–H groups in total. The van der Waals surface area contributed by atoms with E-state index in [0.717, 1.165) is 16.9 Å². The maximum atomic E-state index is 10.9. The Labute approximate surface area is 206 Å². The third-order valence-electron chi connectivity index (χ3n) is 4.56. The molecule has 1 aromatic heterocycles. The second-order valence-electron chi connectivity index (χ2n) is 7.19. The van der Waals surface area contributed by atoms with Crippen molar-refractivity contribution in [1.29, 1.82) is 0 Å². The minimum atomic E-state index is -1.11. The van der Waals surface area contributed by atoms with Crippen LogP contribution in [0.5, 0.6) is 11.5 Å². The largest absolute Gasteiger partial charge is 0.493 e. The Balaban J connectivity index is 0.00000480. The smallest absolute Gasteiger partial charge is 0.191 e. The summed E-state index contributed by atoms with van der Waals surface area (Å²) in [6.45, 7) is 11.2. The molecule has 0 fully saturated rings. The van der Waals surface area contributed by atoms with Crippen LogP contribution in [0.3, 0.4) is 0 Å². The molecule has 31 heavy (non-hydrogen) atoms. The molecule has 2 rings (SSSR count). The van der Waals surface area contributed by atoms with Crippen LogP contribution in [0.4, 0.5) is 0 Å². The Bertz CT molecular complexity index is 884. The van der Waals surface area contributed by atoms with Gasteiger partial charge < -0.3 is 29.6 Å². The van der Waals surface area contributed by atoms with E-state index in [1.807, 2.05) is 45.9 Å². The highest BCUT2D eigenvalue weighted by Crippen LogP contribution is 2.36. The summed E-state index contributed by atoms with van der Waals surface area (Å²) in [6.07, 6.45) is 0. The van der Waals surface area contributed by atoms with Crippen LogP contribution in [0.15, 0.2) is 27.6 Å². The number of furan rings is 1. The zero-order chi connectivity index (χ0) is 22.3. The molecule has 0 saturated heterocycles. The Morgan fingerprint density at radius 2 is 1.94 bits per heavy atom. The minimum absolute atomic E-state index is 0. The van der Waals surface area contributed by atoms with Gasteiger partial charge in [-0.15, -0.1) is 24.0 Å². The number of methoxy groups -OCH3 is 1. The van der Waals surface area contributed by atoms with E-state index in [0.29, 0.717) is 47.9 Å². The fourth-order valence-electron chi connectivity index (χ4n) is 3.18. The zero-order valence-electron chi connectivity index (χ0n) is 19.0. The van der Waals surface area contributed by atoms with Crippen LogP contribution in [0.2, 0.25) is 5.02 Å². The molecule has 0 aliphatic carbocycles. The third-order valence-corrected chi connectivity index (χ3v) is 4.84. The van der Waals surface area contributed by atoms with Gasteiger partial charge in [0, 0.05) is 12.1 Å². The Morgan fingerprint density at radius 3 is 2.48 bits per heavy atom. The van der Waals surface area contributed by atoms with Gasteiger partial charge in [0.2, 0.25) is 0 Å². The molecule has 1 unspecified atom stereocenters. The van der Waals surface area contributed by atoms with Gasteiger partial charge in [-0.3, -0.25) is 0 Å². The van der Waals surface area contributed by atoms with Crippen molar-refractivity contribution >= 4 is 41.5 Å². The van der Waals surface area contributed by atoms with Gasteiger partial charge in [0.25, 0.3) is 0 Å². The van der Waals surface area contributed by atoms with E-state index in [1.54, 1.807) is 14.0 Å². The fourth-order valence-corrected chi connectivity index (χ4v) is 3.47. The molecule has 0 amide bonds. The molecule has 0 bridgehead atoms. The maximum Gasteiger partial charge on any atom is 0.191 e. The third kappa shape index (κ3) is 7.47. The summed E-state index contributed by atoms with van der Waals surface area (Å²) < 4.78 is 16.5. The van der Waals surface area contributed by atoms with Crippen molar-refractivity contribution in [2.75, 3.05) is 26.8 Å². The SMILES string of the molecule is CCNC(=NCc1cc(Cl)c(OCC)c(OC)c1)NCC(C)(O)c1cc(C)oc1C.I. The van der Waals surface area contributed by atoms with E-state index in [4.69, 9.17) is 25.5 Å². The molecule has 174 valence electrons. The molecule has 7 nitrogen and oxygen atoms in total.